The predicted octanol–water partition coefficient (Wildman–Crippen LogP) is 3.44. The summed E-state index contributed by atoms with van der Waals surface area (Å²) in [4.78, 5) is 7.24. The molecule has 1 aliphatic rings. The van der Waals surface area contributed by atoms with Gasteiger partial charge in [-0.1, -0.05) is 20.3 Å². The first-order valence-electron chi connectivity index (χ1n) is 7.18. The molecule has 1 atom stereocenters. The Morgan fingerprint density at radius 2 is 2.17 bits per heavy atom. The molecule has 0 aliphatic carbocycles. The van der Waals surface area contributed by atoms with Crippen LogP contribution in [0.4, 0.5) is 5.13 Å². The minimum Gasteiger partial charge on any atom is -0.348 e. The molecule has 0 spiro atoms. The minimum absolute atomic E-state index is 0.369. The highest BCUT2D eigenvalue weighted by Crippen LogP contribution is 2.28. The summed E-state index contributed by atoms with van der Waals surface area (Å²) in [5, 5.41) is 6.84. The Morgan fingerprint density at radius 3 is 2.78 bits per heavy atom. The molecule has 0 bridgehead atoms. The van der Waals surface area contributed by atoms with Crippen LogP contribution in [0, 0.1) is 5.92 Å². The van der Waals surface area contributed by atoms with Gasteiger partial charge in [0.2, 0.25) is 0 Å². The van der Waals surface area contributed by atoms with Crippen LogP contribution in [0.2, 0.25) is 0 Å². The normalized spacial score (nSPS) is 19.2. The molecule has 0 amide bonds. The summed E-state index contributed by atoms with van der Waals surface area (Å²) in [6.07, 6.45) is 3.98. The lowest BCUT2D eigenvalue weighted by molar-refractivity contribution is 0.394. The van der Waals surface area contributed by atoms with Crippen molar-refractivity contribution in [2.24, 2.45) is 5.92 Å². The summed E-state index contributed by atoms with van der Waals surface area (Å²) in [5.41, 5.74) is 1.19. The molecule has 4 heteroatoms. The molecule has 0 saturated carbocycles. The largest absolute Gasteiger partial charge is 0.348 e. The molecule has 2 rings (SSSR count). The number of piperidine rings is 1. The number of thiazole rings is 1. The molecule has 1 unspecified atom stereocenters. The van der Waals surface area contributed by atoms with Gasteiger partial charge in [-0.3, -0.25) is 0 Å². The van der Waals surface area contributed by atoms with E-state index in [9.17, 15) is 0 Å². The average molecular weight is 267 g/mol. The van der Waals surface area contributed by atoms with Gasteiger partial charge in [0.15, 0.2) is 5.13 Å². The van der Waals surface area contributed by atoms with Crippen LogP contribution in [0.5, 0.6) is 0 Å². The Hall–Kier alpha value is -0.610. The molecular formula is C14H25N3S. The van der Waals surface area contributed by atoms with Crippen molar-refractivity contribution >= 4 is 16.5 Å². The third-order valence-electron chi connectivity index (χ3n) is 3.93. The van der Waals surface area contributed by atoms with Crippen molar-refractivity contribution in [3.63, 3.8) is 0 Å². The van der Waals surface area contributed by atoms with Gasteiger partial charge in [-0.05, 0) is 32.2 Å². The van der Waals surface area contributed by atoms with Gasteiger partial charge < -0.3 is 10.2 Å². The van der Waals surface area contributed by atoms with Gasteiger partial charge in [-0.2, -0.15) is 0 Å². The fourth-order valence-electron chi connectivity index (χ4n) is 2.56. The maximum atomic E-state index is 4.79. The second-order valence-electron chi connectivity index (χ2n) is 5.17. The Balaban J connectivity index is 1.94. The summed E-state index contributed by atoms with van der Waals surface area (Å²) < 4.78 is 0. The van der Waals surface area contributed by atoms with E-state index in [-0.39, 0.29) is 0 Å². The Labute approximate surface area is 115 Å². The fourth-order valence-corrected chi connectivity index (χ4v) is 3.54. The van der Waals surface area contributed by atoms with Crippen LogP contribution in [0.1, 0.15) is 51.8 Å². The summed E-state index contributed by atoms with van der Waals surface area (Å²) in [6, 6.07) is 0.369. The zero-order chi connectivity index (χ0) is 13.0. The molecule has 3 nitrogen and oxygen atoms in total. The number of rotatable bonds is 5. The second kappa shape index (κ2) is 6.53. The first-order valence-corrected chi connectivity index (χ1v) is 8.06. The molecule has 18 heavy (non-hydrogen) atoms. The smallest absolute Gasteiger partial charge is 0.185 e. The highest BCUT2D eigenvalue weighted by Gasteiger charge is 2.20. The van der Waals surface area contributed by atoms with Crippen LogP contribution < -0.4 is 10.2 Å². The Kier molecular flexibility index (Phi) is 5.01. The molecule has 0 radical (unpaired) electrons. The van der Waals surface area contributed by atoms with Crippen molar-refractivity contribution in [2.75, 3.05) is 24.5 Å². The first kappa shape index (κ1) is 13.8. The van der Waals surface area contributed by atoms with Gasteiger partial charge in [0.1, 0.15) is 0 Å². The van der Waals surface area contributed by atoms with Gasteiger partial charge in [0, 0.05) is 24.5 Å². The average Bonchev–Trinajstić information content (AvgIpc) is 2.89. The SMILES string of the molecule is CCNC(C)c1csc(N2CCC(CC)CC2)n1. The zero-order valence-corrected chi connectivity index (χ0v) is 12.6. The predicted molar refractivity (Wildman–Crippen MR) is 79.4 cm³/mol. The van der Waals surface area contributed by atoms with E-state index in [1.54, 1.807) is 11.3 Å². The molecule has 1 aromatic rings. The summed E-state index contributed by atoms with van der Waals surface area (Å²) in [5.74, 6) is 0.932. The molecule has 1 aliphatic heterocycles. The van der Waals surface area contributed by atoms with Crippen molar-refractivity contribution in [1.82, 2.24) is 10.3 Å². The molecule has 1 fully saturated rings. The van der Waals surface area contributed by atoms with E-state index in [0.29, 0.717) is 6.04 Å². The van der Waals surface area contributed by atoms with E-state index in [0.717, 1.165) is 12.5 Å². The standard InChI is InChI=1S/C14H25N3S/c1-4-12-6-8-17(9-7-12)14-16-13(10-18-14)11(3)15-5-2/h10-12,15H,4-9H2,1-3H3. The number of nitrogens with zero attached hydrogens (tertiary/aromatic N) is 2. The van der Waals surface area contributed by atoms with E-state index >= 15 is 0 Å². The molecule has 1 aromatic heterocycles. The van der Waals surface area contributed by atoms with Gasteiger partial charge in [-0.15, -0.1) is 11.3 Å². The summed E-state index contributed by atoms with van der Waals surface area (Å²) in [6.45, 7) is 9.99. The van der Waals surface area contributed by atoms with E-state index in [1.165, 1.54) is 43.2 Å². The lowest BCUT2D eigenvalue weighted by Crippen LogP contribution is -2.33. The number of aromatic nitrogens is 1. The van der Waals surface area contributed by atoms with Crippen molar-refractivity contribution in [3.05, 3.63) is 11.1 Å². The molecular weight excluding hydrogens is 242 g/mol. The Bertz CT molecular complexity index is 356. The van der Waals surface area contributed by atoms with Crippen molar-refractivity contribution in [2.45, 2.75) is 46.1 Å². The maximum absolute atomic E-state index is 4.79. The van der Waals surface area contributed by atoms with Crippen LogP contribution in [-0.4, -0.2) is 24.6 Å². The highest BCUT2D eigenvalue weighted by atomic mass is 32.1. The summed E-state index contributed by atoms with van der Waals surface area (Å²) >= 11 is 1.79. The van der Waals surface area contributed by atoms with E-state index in [2.05, 4.69) is 36.4 Å². The van der Waals surface area contributed by atoms with Crippen LogP contribution in [0.15, 0.2) is 5.38 Å². The molecule has 102 valence electrons. The van der Waals surface area contributed by atoms with Crippen LogP contribution >= 0.6 is 11.3 Å². The van der Waals surface area contributed by atoms with Crippen LogP contribution in [0.3, 0.4) is 0 Å². The third kappa shape index (κ3) is 3.23. The van der Waals surface area contributed by atoms with Crippen LogP contribution in [0.25, 0.3) is 0 Å². The number of anilines is 1. The quantitative estimate of drug-likeness (QED) is 0.886. The fraction of sp³-hybridized carbons (Fsp3) is 0.786. The molecule has 1 N–H and O–H groups in total. The van der Waals surface area contributed by atoms with Crippen LogP contribution in [-0.2, 0) is 0 Å². The van der Waals surface area contributed by atoms with E-state index in [4.69, 9.17) is 4.98 Å². The van der Waals surface area contributed by atoms with Crippen molar-refractivity contribution in [3.8, 4) is 0 Å². The van der Waals surface area contributed by atoms with E-state index in [1.807, 2.05) is 0 Å². The second-order valence-corrected chi connectivity index (χ2v) is 6.01. The lowest BCUT2D eigenvalue weighted by Gasteiger charge is -2.31. The van der Waals surface area contributed by atoms with Gasteiger partial charge >= 0.3 is 0 Å². The third-order valence-corrected chi connectivity index (χ3v) is 4.85. The Morgan fingerprint density at radius 1 is 1.44 bits per heavy atom. The van der Waals surface area contributed by atoms with Gasteiger partial charge in [0.05, 0.1) is 5.69 Å². The number of hydrogen-bond donors (Lipinski definition) is 1. The molecule has 2 heterocycles. The lowest BCUT2D eigenvalue weighted by atomic mass is 9.95. The van der Waals surface area contributed by atoms with Gasteiger partial charge in [0.25, 0.3) is 0 Å². The zero-order valence-electron chi connectivity index (χ0n) is 11.8. The van der Waals surface area contributed by atoms with E-state index < -0.39 is 0 Å². The van der Waals surface area contributed by atoms with Crippen molar-refractivity contribution < 1.29 is 0 Å². The topological polar surface area (TPSA) is 28.2 Å². The number of nitrogens with one attached hydrogen (secondary N) is 1. The summed E-state index contributed by atoms with van der Waals surface area (Å²) in [7, 11) is 0. The molecule has 0 aromatic carbocycles. The first-order chi connectivity index (χ1) is 8.74. The number of hydrogen-bond acceptors (Lipinski definition) is 4. The van der Waals surface area contributed by atoms with Crippen molar-refractivity contribution in [1.29, 1.82) is 0 Å². The molecule has 1 saturated heterocycles. The maximum Gasteiger partial charge on any atom is 0.185 e. The minimum atomic E-state index is 0.369. The highest BCUT2D eigenvalue weighted by molar-refractivity contribution is 7.13. The monoisotopic (exact) mass is 267 g/mol. The van der Waals surface area contributed by atoms with Gasteiger partial charge in [-0.25, -0.2) is 4.98 Å².